The second kappa shape index (κ2) is 6.15. The summed E-state index contributed by atoms with van der Waals surface area (Å²) >= 11 is 0. The van der Waals surface area contributed by atoms with Crippen LogP contribution < -0.4 is 15.4 Å². The van der Waals surface area contributed by atoms with Gasteiger partial charge in [0, 0.05) is 19.6 Å². The Balaban J connectivity index is 2.18. The largest absolute Gasteiger partial charge is 0.492 e. The van der Waals surface area contributed by atoms with E-state index in [-0.39, 0.29) is 0 Å². The molecular formula is C15H25N3O. The van der Waals surface area contributed by atoms with Crippen LogP contribution in [0.1, 0.15) is 19.8 Å². The van der Waals surface area contributed by atoms with Crippen molar-refractivity contribution in [1.29, 1.82) is 0 Å². The smallest absolute Gasteiger partial charge is 0.144 e. The van der Waals surface area contributed by atoms with E-state index in [0.29, 0.717) is 12.6 Å². The minimum absolute atomic E-state index is 0.526. The Morgan fingerprint density at radius 3 is 2.95 bits per heavy atom. The van der Waals surface area contributed by atoms with Gasteiger partial charge in [-0.2, -0.15) is 0 Å². The summed E-state index contributed by atoms with van der Waals surface area (Å²) in [7, 11) is 4.31. The van der Waals surface area contributed by atoms with Gasteiger partial charge in [0.2, 0.25) is 0 Å². The molecule has 1 saturated heterocycles. The standard InChI is InChI=1S/C15H25N3O/c1-4-19-14-9-5-8-13(15(14)16)18(3)12-7-6-10-17(2)11-12/h5,8-9,12H,4,6-7,10-11,16H2,1-3H3. The van der Waals surface area contributed by atoms with Crippen LogP contribution in [-0.2, 0) is 0 Å². The molecule has 1 aliphatic heterocycles. The van der Waals surface area contributed by atoms with Crippen LogP contribution in [0.2, 0.25) is 0 Å². The topological polar surface area (TPSA) is 41.7 Å². The molecule has 0 aromatic heterocycles. The van der Waals surface area contributed by atoms with Gasteiger partial charge in [-0.1, -0.05) is 6.07 Å². The zero-order valence-electron chi connectivity index (χ0n) is 12.2. The quantitative estimate of drug-likeness (QED) is 0.846. The van der Waals surface area contributed by atoms with Crippen LogP contribution in [0.5, 0.6) is 5.75 Å². The van der Waals surface area contributed by atoms with Crippen LogP contribution in [0.3, 0.4) is 0 Å². The van der Waals surface area contributed by atoms with Crippen molar-refractivity contribution >= 4 is 11.4 Å². The predicted molar refractivity (Wildman–Crippen MR) is 80.9 cm³/mol. The molecule has 4 nitrogen and oxygen atoms in total. The van der Waals surface area contributed by atoms with E-state index in [9.17, 15) is 0 Å². The summed E-state index contributed by atoms with van der Waals surface area (Å²) in [4.78, 5) is 4.68. The highest BCUT2D eigenvalue weighted by molar-refractivity contribution is 5.74. The fourth-order valence-corrected chi connectivity index (χ4v) is 2.77. The number of likely N-dealkylation sites (tertiary alicyclic amines) is 1. The predicted octanol–water partition coefficient (Wildman–Crippen LogP) is 2.20. The zero-order chi connectivity index (χ0) is 13.8. The summed E-state index contributed by atoms with van der Waals surface area (Å²) in [6, 6.07) is 6.55. The first kappa shape index (κ1) is 14.0. The van der Waals surface area contributed by atoms with Crippen molar-refractivity contribution in [3.05, 3.63) is 18.2 Å². The Morgan fingerprint density at radius 2 is 2.26 bits per heavy atom. The van der Waals surface area contributed by atoms with Gasteiger partial charge in [-0.05, 0) is 45.5 Å². The maximum atomic E-state index is 6.23. The van der Waals surface area contributed by atoms with Crippen LogP contribution in [0.25, 0.3) is 0 Å². The zero-order valence-corrected chi connectivity index (χ0v) is 12.2. The Bertz CT molecular complexity index is 422. The fraction of sp³-hybridized carbons (Fsp3) is 0.600. The molecule has 0 spiro atoms. The summed E-state index contributed by atoms with van der Waals surface area (Å²) in [6.07, 6.45) is 2.47. The van der Waals surface area contributed by atoms with Crippen molar-refractivity contribution in [1.82, 2.24) is 4.90 Å². The van der Waals surface area contributed by atoms with Gasteiger partial charge in [-0.25, -0.2) is 0 Å². The van der Waals surface area contributed by atoms with Gasteiger partial charge in [-0.15, -0.1) is 0 Å². The number of nitrogens with two attached hydrogens (primary N) is 1. The van der Waals surface area contributed by atoms with E-state index >= 15 is 0 Å². The molecule has 1 fully saturated rings. The van der Waals surface area contributed by atoms with Gasteiger partial charge >= 0.3 is 0 Å². The van der Waals surface area contributed by atoms with E-state index in [1.807, 2.05) is 19.1 Å². The highest BCUT2D eigenvalue weighted by atomic mass is 16.5. The number of ether oxygens (including phenoxy) is 1. The SMILES string of the molecule is CCOc1cccc(N(C)C2CCCN(C)C2)c1N. The normalized spacial score (nSPS) is 20.3. The van der Waals surface area contributed by atoms with E-state index in [1.165, 1.54) is 19.4 Å². The molecule has 1 atom stereocenters. The molecule has 0 saturated carbocycles. The molecule has 2 rings (SSSR count). The summed E-state index contributed by atoms with van der Waals surface area (Å²) in [5.74, 6) is 0.788. The van der Waals surface area contributed by atoms with Crippen molar-refractivity contribution < 1.29 is 4.74 Å². The summed E-state index contributed by atoms with van der Waals surface area (Å²) in [5.41, 5.74) is 8.06. The average Bonchev–Trinajstić information content (AvgIpc) is 2.41. The van der Waals surface area contributed by atoms with E-state index < -0.39 is 0 Å². The lowest BCUT2D eigenvalue weighted by Crippen LogP contribution is -2.45. The number of piperidine rings is 1. The molecular weight excluding hydrogens is 238 g/mol. The number of nitrogens with zero attached hydrogens (tertiary/aromatic N) is 2. The monoisotopic (exact) mass is 263 g/mol. The molecule has 1 heterocycles. The highest BCUT2D eigenvalue weighted by Crippen LogP contribution is 2.33. The Morgan fingerprint density at radius 1 is 1.47 bits per heavy atom. The third-order valence-electron chi connectivity index (χ3n) is 3.87. The van der Waals surface area contributed by atoms with Crippen LogP contribution in [-0.4, -0.2) is 44.7 Å². The number of hydrogen-bond donors (Lipinski definition) is 1. The van der Waals surface area contributed by atoms with Crippen molar-refractivity contribution in [3.8, 4) is 5.75 Å². The number of nitrogen functional groups attached to an aromatic ring is 1. The van der Waals surface area contributed by atoms with Gasteiger partial charge in [-0.3, -0.25) is 0 Å². The van der Waals surface area contributed by atoms with Crippen molar-refractivity contribution in [3.63, 3.8) is 0 Å². The molecule has 2 N–H and O–H groups in total. The van der Waals surface area contributed by atoms with E-state index in [1.54, 1.807) is 0 Å². The number of likely N-dealkylation sites (N-methyl/N-ethyl adjacent to an activating group) is 2. The van der Waals surface area contributed by atoms with Gasteiger partial charge in [0.25, 0.3) is 0 Å². The molecule has 106 valence electrons. The van der Waals surface area contributed by atoms with Crippen molar-refractivity contribution in [2.24, 2.45) is 0 Å². The van der Waals surface area contributed by atoms with Crippen LogP contribution in [0.4, 0.5) is 11.4 Å². The number of rotatable bonds is 4. The minimum Gasteiger partial charge on any atom is -0.492 e. The van der Waals surface area contributed by atoms with Gasteiger partial charge < -0.3 is 20.3 Å². The highest BCUT2D eigenvalue weighted by Gasteiger charge is 2.23. The lowest BCUT2D eigenvalue weighted by molar-refractivity contribution is 0.248. The molecule has 0 aliphatic carbocycles. The summed E-state index contributed by atoms with van der Waals surface area (Å²) in [5, 5.41) is 0. The molecule has 4 heteroatoms. The number of benzene rings is 1. The molecule has 19 heavy (non-hydrogen) atoms. The van der Waals surface area contributed by atoms with Crippen molar-refractivity contribution in [2.45, 2.75) is 25.8 Å². The first-order chi connectivity index (χ1) is 9.13. The molecule has 1 aliphatic rings. The first-order valence-corrected chi connectivity index (χ1v) is 7.06. The van der Waals surface area contributed by atoms with Gasteiger partial charge in [0.1, 0.15) is 5.75 Å². The van der Waals surface area contributed by atoms with Gasteiger partial charge in [0.15, 0.2) is 0 Å². The first-order valence-electron chi connectivity index (χ1n) is 7.06. The number of hydrogen-bond acceptors (Lipinski definition) is 4. The molecule has 1 unspecified atom stereocenters. The lowest BCUT2D eigenvalue weighted by Gasteiger charge is -2.37. The molecule has 0 amide bonds. The average molecular weight is 263 g/mol. The van der Waals surface area contributed by atoms with E-state index in [0.717, 1.165) is 23.7 Å². The summed E-state index contributed by atoms with van der Waals surface area (Å²) < 4.78 is 5.57. The number of anilines is 2. The Labute approximate surface area is 116 Å². The van der Waals surface area contributed by atoms with E-state index in [2.05, 4.69) is 30.0 Å². The summed E-state index contributed by atoms with van der Waals surface area (Å²) in [6.45, 7) is 4.91. The second-order valence-corrected chi connectivity index (χ2v) is 5.29. The third kappa shape index (κ3) is 3.13. The maximum absolute atomic E-state index is 6.23. The minimum atomic E-state index is 0.526. The second-order valence-electron chi connectivity index (χ2n) is 5.29. The van der Waals surface area contributed by atoms with Crippen LogP contribution >= 0.6 is 0 Å². The number of para-hydroxylation sites is 1. The van der Waals surface area contributed by atoms with Crippen molar-refractivity contribution in [2.75, 3.05) is 44.4 Å². The lowest BCUT2D eigenvalue weighted by atomic mass is 10.0. The molecule has 1 aromatic rings. The van der Waals surface area contributed by atoms with E-state index in [4.69, 9.17) is 10.5 Å². The Hall–Kier alpha value is -1.42. The third-order valence-corrected chi connectivity index (χ3v) is 3.87. The Kier molecular flexibility index (Phi) is 4.53. The van der Waals surface area contributed by atoms with Gasteiger partial charge in [0.05, 0.1) is 18.0 Å². The molecule has 0 bridgehead atoms. The van der Waals surface area contributed by atoms with Crippen LogP contribution in [0.15, 0.2) is 18.2 Å². The maximum Gasteiger partial charge on any atom is 0.144 e. The molecule has 0 radical (unpaired) electrons. The molecule has 1 aromatic carbocycles. The fourth-order valence-electron chi connectivity index (χ4n) is 2.77. The van der Waals surface area contributed by atoms with Crippen LogP contribution in [0, 0.1) is 0 Å².